The van der Waals surface area contributed by atoms with E-state index in [0.29, 0.717) is 19.6 Å². The van der Waals surface area contributed by atoms with E-state index in [2.05, 4.69) is 4.90 Å². The lowest BCUT2D eigenvalue weighted by molar-refractivity contribution is -0.142. The van der Waals surface area contributed by atoms with Crippen LogP contribution >= 0.6 is 0 Å². The van der Waals surface area contributed by atoms with Crippen LogP contribution in [0.3, 0.4) is 0 Å². The lowest BCUT2D eigenvalue weighted by Gasteiger charge is -2.35. The molecule has 0 bridgehead atoms. The average Bonchev–Trinajstić information content (AvgIpc) is 2.90. The van der Waals surface area contributed by atoms with Crippen molar-refractivity contribution in [1.29, 1.82) is 0 Å². The van der Waals surface area contributed by atoms with Crippen LogP contribution in [0.5, 0.6) is 0 Å². The van der Waals surface area contributed by atoms with Gasteiger partial charge in [-0.1, -0.05) is 0 Å². The van der Waals surface area contributed by atoms with E-state index in [1.807, 2.05) is 4.90 Å². The third-order valence-corrected chi connectivity index (χ3v) is 3.56. The molecule has 2 N–H and O–H groups in total. The Hall–Kier alpha value is -1.14. The average molecular weight is 255 g/mol. The summed E-state index contributed by atoms with van der Waals surface area (Å²) in [5.41, 5.74) is 5.12. The number of carbonyl (C=O) groups is 2. The maximum atomic E-state index is 12.1. The lowest BCUT2D eigenvalue weighted by atomic mass is 10.2. The SMILES string of the molecule is NC(=O)CCN1CCN(C(=O)C2CCCO2)CC1. The van der Waals surface area contributed by atoms with Crippen LogP contribution in [0.25, 0.3) is 0 Å². The molecule has 1 atom stereocenters. The highest BCUT2D eigenvalue weighted by Gasteiger charge is 2.30. The quantitative estimate of drug-likeness (QED) is 0.712. The molecule has 2 saturated heterocycles. The first-order chi connectivity index (χ1) is 8.66. The van der Waals surface area contributed by atoms with Gasteiger partial charge in [-0.2, -0.15) is 0 Å². The summed E-state index contributed by atoms with van der Waals surface area (Å²) < 4.78 is 5.41. The molecule has 2 aliphatic heterocycles. The Morgan fingerprint density at radius 1 is 1.22 bits per heavy atom. The second-order valence-corrected chi connectivity index (χ2v) is 4.88. The normalized spacial score (nSPS) is 25.3. The Bertz CT molecular complexity index is 308. The molecule has 102 valence electrons. The van der Waals surface area contributed by atoms with Gasteiger partial charge in [-0.3, -0.25) is 14.5 Å². The minimum Gasteiger partial charge on any atom is -0.370 e. The molecule has 0 saturated carbocycles. The third-order valence-electron chi connectivity index (χ3n) is 3.56. The number of nitrogens with zero attached hydrogens (tertiary/aromatic N) is 2. The van der Waals surface area contributed by atoms with E-state index in [1.54, 1.807) is 0 Å². The first-order valence-corrected chi connectivity index (χ1v) is 6.58. The Morgan fingerprint density at radius 2 is 1.94 bits per heavy atom. The van der Waals surface area contributed by atoms with Gasteiger partial charge in [-0.15, -0.1) is 0 Å². The Kier molecular flexibility index (Phi) is 4.54. The fourth-order valence-electron chi connectivity index (χ4n) is 2.44. The number of hydrogen-bond acceptors (Lipinski definition) is 4. The predicted octanol–water partition coefficient (Wildman–Crippen LogP) is -0.815. The van der Waals surface area contributed by atoms with Crippen molar-refractivity contribution in [2.24, 2.45) is 5.73 Å². The highest BCUT2D eigenvalue weighted by atomic mass is 16.5. The topological polar surface area (TPSA) is 75.9 Å². The van der Waals surface area contributed by atoms with Gasteiger partial charge < -0.3 is 15.4 Å². The Morgan fingerprint density at radius 3 is 2.50 bits per heavy atom. The van der Waals surface area contributed by atoms with Crippen LogP contribution < -0.4 is 5.73 Å². The third kappa shape index (κ3) is 3.43. The van der Waals surface area contributed by atoms with Gasteiger partial charge in [0.15, 0.2) is 0 Å². The number of piperazine rings is 1. The molecule has 2 fully saturated rings. The standard InChI is InChI=1S/C12H21N3O3/c13-11(16)3-4-14-5-7-15(8-6-14)12(17)10-2-1-9-18-10/h10H,1-9H2,(H2,13,16). The van der Waals surface area contributed by atoms with Crippen molar-refractivity contribution in [1.82, 2.24) is 9.80 Å². The number of ether oxygens (including phenoxy) is 1. The van der Waals surface area contributed by atoms with Gasteiger partial charge in [-0.25, -0.2) is 0 Å². The highest BCUT2D eigenvalue weighted by molar-refractivity contribution is 5.81. The molecule has 18 heavy (non-hydrogen) atoms. The van der Waals surface area contributed by atoms with Crippen LogP contribution in [-0.2, 0) is 14.3 Å². The first kappa shape index (κ1) is 13.3. The summed E-state index contributed by atoms with van der Waals surface area (Å²) in [7, 11) is 0. The summed E-state index contributed by atoms with van der Waals surface area (Å²) >= 11 is 0. The van der Waals surface area contributed by atoms with Crippen LogP contribution in [0.4, 0.5) is 0 Å². The maximum absolute atomic E-state index is 12.1. The Balaban J connectivity index is 1.72. The molecular formula is C12H21N3O3. The van der Waals surface area contributed by atoms with Crippen LogP contribution in [0.1, 0.15) is 19.3 Å². The maximum Gasteiger partial charge on any atom is 0.251 e. The molecule has 2 heterocycles. The summed E-state index contributed by atoms with van der Waals surface area (Å²) in [5, 5.41) is 0. The Labute approximate surface area is 107 Å². The van der Waals surface area contributed by atoms with Crippen molar-refractivity contribution < 1.29 is 14.3 Å². The van der Waals surface area contributed by atoms with Gasteiger partial charge in [0.25, 0.3) is 5.91 Å². The summed E-state index contributed by atoms with van der Waals surface area (Å²) in [5.74, 6) is -0.144. The molecule has 0 aromatic heterocycles. The van der Waals surface area contributed by atoms with Gasteiger partial charge in [-0.05, 0) is 12.8 Å². The second-order valence-electron chi connectivity index (χ2n) is 4.88. The van der Waals surface area contributed by atoms with E-state index in [4.69, 9.17) is 10.5 Å². The molecule has 0 aromatic rings. The summed E-state index contributed by atoms with van der Waals surface area (Å²) in [4.78, 5) is 26.8. The summed E-state index contributed by atoms with van der Waals surface area (Å²) in [6, 6.07) is 0. The molecule has 0 radical (unpaired) electrons. The van der Waals surface area contributed by atoms with E-state index in [0.717, 1.165) is 39.0 Å². The number of primary amides is 1. The molecule has 6 heteroatoms. The van der Waals surface area contributed by atoms with Gasteiger partial charge in [0.05, 0.1) is 0 Å². The summed E-state index contributed by atoms with van der Waals surface area (Å²) in [6.07, 6.45) is 2.00. The molecule has 0 aliphatic carbocycles. The van der Waals surface area contributed by atoms with E-state index in [-0.39, 0.29) is 17.9 Å². The van der Waals surface area contributed by atoms with Crippen LogP contribution in [0, 0.1) is 0 Å². The zero-order valence-electron chi connectivity index (χ0n) is 10.6. The number of hydrogen-bond donors (Lipinski definition) is 1. The van der Waals surface area contributed by atoms with Crippen LogP contribution in [0.2, 0.25) is 0 Å². The lowest BCUT2D eigenvalue weighted by Crippen LogP contribution is -2.51. The summed E-state index contributed by atoms with van der Waals surface area (Å²) in [6.45, 7) is 4.46. The molecular weight excluding hydrogens is 234 g/mol. The highest BCUT2D eigenvalue weighted by Crippen LogP contribution is 2.15. The molecule has 0 aromatic carbocycles. The van der Waals surface area contributed by atoms with Crippen molar-refractivity contribution in [3.8, 4) is 0 Å². The smallest absolute Gasteiger partial charge is 0.251 e. The van der Waals surface area contributed by atoms with E-state index in [1.165, 1.54) is 0 Å². The van der Waals surface area contributed by atoms with Gasteiger partial charge in [0.1, 0.15) is 6.10 Å². The predicted molar refractivity (Wildman–Crippen MR) is 65.8 cm³/mol. The minimum absolute atomic E-state index is 0.127. The molecule has 2 amide bonds. The van der Waals surface area contributed by atoms with Crippen molar-refractivity contribution in [2.45, 2.75) is 25.4 Å². The van der Waals surface area contributed by atoms with E-state index in [9.17, 15) is 9.59 Å². The second kappa shape index (κ2) is 6.15. The molecule has 1 unspecified atom stereocenters. The van der Waals surface area contributed by atoms with Crippen molar-refractivity contribution in [2.75, 3.05) is 39.3 Å². The fourth-order valence-corrected chi connectivity index (χ4v) is 2.44. The van der Waals surface area contributed by atoms with Crippen LogP contribution in [-0.4, -0.2) is 67.0 Å². The minimum atomic E-state index is -0.270. The van der Waals surface area contributed by atoms with Crippen LogP contribution in [0.15, 0.2) is 0 Å². The fraction of sp³-hybridized carbons (Fsp3) is 0.833. The van der Waals surface area contributed by atoms with E-state index < -0.39 is 0 Å². The number of carbonyl (C=O) groups excluding carboxylic acids is 2. The van der Waals surface area contributed by atoms with Gasteiger partial charge in [0.2, 0.25) is 5.91 Å². The number of rotatable bonds is 4. The molecule has 6 nitrogen and oxygen atoms in total. The molecule has 2 aliphatic rings. The molecule has 2 rings (SSSR count). The molecule has 0 spiro atoms. The van der Waals surface area contributed by atoms with Crippen molar-refractivity contribution in [3.63, 3.8) is 0 Å². The number of amides is 2. The zero-order chi connectivity index (χ0) is 13.0. The largest absolute Gasteiger partial charge is 0.370 e. The van der Waals surface area contributed by atoms with Gasteiger partial charge >= 0.3 is 0 Å². The zero-order valence-corrected chi connectivity index (χ0v) is 10.6. The van der Waals surface area contributed by atoms with Crippen molar-refractivity contribution >= 4 is 11.8 Å². The monoisotopic (exact) mass is 255 g/mol. The van der Waals surface area contributed by atoms with E-state index >= 15 is 0 Å². The first-order valence-electron chi connectivity index (χ1n) is 6.58. The van der Waals surface area contributed by atoms with Gasteiger partial charge in [0, 0.05) is 45.8 Å². The number of nitrogens with two attached hydrogens (primary N) is 1. The van der Waals surface area contributed by atoms with Crippen molar-refractivity contribution in [3.05, 3.63) is 0 Å².